The molecule has 5 rings (SSSR count). The minimum absolute atomic E-state index is 0.0821. The Morgan fingerprint density at radius 2 is 2.14 bits per heavy atom. The van der Waals surface area contributed by atoms with Gasteiger partial charge in [-0.1, -0.05) is 47.5 Å². The molecule has 0 saturated heterocycles. The molecule has 2 aliphatic carbocycles. The van der Waals surface area contributed by atoms with E-state index in [9.17, 15) is 4.79 Å². The van der Waals surface area contributed by atoms with Crippen molar-refractivity contribution in [1.29, 1.82) is 0 Å². The molecule has 1 fully saturated rings. The minimum Gasteiger partial charge on any atom is -0.378 e. The lowest BCUT2D eigenvalue weighted by atomic mass is 9.88. The van der Waals surface area contributed by atoms with E-state index in [0.717, 1.165) is 34.6 Å². The van der Waals surface area contributed by atoms with E-state index in [2.05, 4.69) is 38.5 Å². The molecule has 28 heavy (non-hydrogen) atoms. The van der Waals surface area contributed by atoms with Gasteiger partial charge in [-0.3, -0.25) is 4.79 Å². The number of nitrogens with one attached hydrogen (secondary N) is 2. The molecule has 7 heteroatoms. The van der Waals surface area contributed by atoms with Gasteiger partial charge in [0.1, 0.15) is 11.3 Å². The summed E-state index contributed by atoms with van der Waals surface area (Å²) in [7, 11) is 0. The smallest absolute Gasteiger partial charge is 0.223 e. The zero-order chi connectivity index (χ0) is 19.4. The minimum atomic E-state index is -0.277. The van der Waals surface area contributed by atoms with Crippen molar-refractivity contribution in [3.63, 3.8) is 0 Å². The van der Waals surface area contributed by atoms with Crippen LogP contribution >= 0.6 is 11.6 Å². The fourth-order valence-corrected chi connectivity index (χ4v) is 4.78. The van der Waals surface area contributed by atoms with Crippen LogP contribution in [-0.2, 0) is 4.79 Å². The van der Waals surface area contributed by atoms with Crippen molar-refractivity contribution in [2.45, 2.75) is 19.4 Å². The van der Waals surface area contributed by atoms with Gasteiger partial charge in [-0.25, -0.2) is 9.97 Å². The number of aromatic amines is 1. The number of aromatic nitrogens is 3. The number of hydrogen-bond donors (Lipinski definition) is 3. The lowest BCUT2D eigenvalue weighted by Gasteiger charge is -2.28. The third-order valence-electron chi connectivity index (χ3n) is 5.86. The molecule has 1 aromatic carbocycles. The second-order valence-corrected chi connectivity index (χ2v) is 8.09. The molecule has 142 valence electrons. The molecular weight excluding hydrogens is 374 g/mol. The molecule has 6 nitrogen and oxygen atoms in total. The lowest BCUT2D eigenvalue weighted by molar-refractivity contribution is -0.122. The molecule has 4 N–H and O–H groups in total. The normalized spacial score (nSPS) is 25.5. The van der Waals surface area contributed by atoms with Crippen LogP contribution in [0.3, 0.4) is 0 Å². The molecule has 1 amide bonds. The first kappa shape index (κ1) is 17.3. The molecular formula is C21H20ClN5O. The maximum absolute atomic E-state index is 12.0. The first-order valence-corrected chi connectivity index (χ1v) is 9.74. The van der Waals surface area contributed by atoms with E-state index < -0.39 is 0 Å². The number of aryl methyl sites for hydroxylation is 1. The summed E-state index contributed by atoms with van der Waals surface area (Å²) in [5, 5.41) is 3.98. The second kappa shape index (κ2) is 6.34. The number of rotatable bonds is 4. The Morgan fingerprint density at radius 3 is 2.93 bits per heavy atom. The third-order valence-corrected chi connectivity index (χ3v) is 6.15. The van der Waals surface area contributed by atoms with Gasteiger partial charge in [-0.15, -0.1) is 0 Å². The Hall–Kier alpha value is -2.86. The predicted octanol–water partition coefficient (Wildman–Crippen LogP) is 3.67. The van der Waals surface area contributed by atoms with E-state index in [-0.39, 0.29) is 29.7 Å². The third kappa shape index (κ3) is 2.67. The van der Waals surface area contributed by atoms with Crippen molar-refractivity contribution in [3.05, 3.63) is 53.2 Å². The number of primary amides is 1. The van der Waals surface area contributed by atoms with Crippen molar-refractivity contribution in [1.82, 2.24) is 15.0 Å². The standard InChI is InChI=1S/C21H20ClN5O/c1-10-3-2-4-13(7-10)20-26-18-17(14(22)9-24-21(18)27-20)25-16-12-6-5-11(8-12)15(16)19(23)28/h2-7,9,11-12,15-16H,8H2,1H3,(H2,23,28)(H2,24,25,26,27)/t11-,12+,15+,16?/m1/s1. The van der Waals surface area contributed by atoms with Crippen molar-refractivity contribution in [3.8, 4) is 11.4 Å². The molecule has 3 aromatic rings. The number of halogens is 1. The summed E-state index contributed by atoms with van der Waals surface area (Å²) >= 11 is 6.48. The summed E-state index contributed by atoms with van der Waals surface area (Å²) in [6.45, 7) is 2.04. The number of nitrogens with zero attached hydrogens (tertiary/aromatic N) is 2. The monoisotopic (exact) mass is 393 g/mol. The van der Waals surface area contributed by atoms with Gasteiger partial charge in [-0.05, 0) is 31.2 Å². The Balaban J connectivity index is 1.57. The number of carbonyl (C=O) groups is 1. The van der Waals surface area contributed by atoms with E-state index in [1.807, 2.05) is 25.1 Å². The van der Waals surface area contributed by atoms with E-state index >= 15 is 0 Å². The van der Waals surface area contributed by atoms with Crippen LogP contribution < -0.4 is 11.1 Å². The van der Waals surface area contributed by atoms with E-state index in [1.54, 1.807) is 6.20 Å². The zero-order valence-corrected chi connectivity index (χ0v) is 16.1. The van der Waals surface area contributed by atoms with Crippen LogP contribution in [0.25, 0.3) is 22.6 Å². The SMILES string of the molecule is Cc1cccc(-c2nc3ncc(Cl)c(NC4[C@@H](C(N)=O)[C@@H]5C=C[C@H]4C5)c3[nH]2)c1. The van der Waals surface area contributed by atoms with E-state index in [1.165, 1.54) is 0 Å². The quantitative estimate of drug-likeness (QED) is 0.589. The van der Waals surface area contributed by atoms with Gasteiger partial charge in [-0.2, -0.15) is 0 Å². The van der Waals surface area contributed by atoms with Crippen LogP contribution in [0.4, 0.5) is 5.69 Å². The Morgan fingerprint density at radius 1 is 1.32 bits per heavy atom. The van der Waals surface area contributed by atoms with Crippen molar-refractivity contribution in [2.24, 2.45) is 23.5 Å². The number of imidazole rings is 1. The summed E-state index contributed by atoms with van der Waals surface area (Å²) in [6.07, 6.45) is 6.80. The fraction of sp³-hybridized carbons (Fsp3) is 0.286. The summed E-state index contributed by atoms with van der Waals surface area (Å²) < 4.78 is 0. The summed E-state index contributed by atoms with van der Waals surface area (Å²) in [5.74, 6) is 0.673. The maximum atomic E-state index is 12.0. The van der Waals surface area contributed by atoms with Crippen molar-refractivity contribution < 1.29 is 4.79 Å². The van der Waals surface area contributed by atoms with Crippen molar-refractivity contribution >= 4 is 34.4 Å². The maximum Gasteiger partial charge on any atom is 0.223 e. The number of benzene rings is 1. The molecule has 0 radical (unpaired) electrons. The van der Waals surface area contributed by atoms with Crippen LogP contribution in [-0.4, -0.2) is 26.9 Å². The molecule has 2 aromatic heterocycles. The second-order valence-electron chi connectivity index (χ2n) is 7.68. The van der Waals surface area contributed by atoms with Gasteiger partial charge in [0.05, 0.1) is 22.8 Å². The highest BCUT2D eigenvalue weighted by Crippen LogP contribution is 2.46. The molecule has 2 bridgehead atoms. The Kier molecular flexibility index (Phi) is 3.91. The van der Waals surface area contributed by atoms with Crippen LogP contribution in [0, 0.1) is 24.7 Å². The molecule has 1 saturated carbocycles. The number of allylic oxidation sites excluding steroid dienone is 1. The lowest BCUT2D eigenvalue weighted by Crippen LogP contribution is -2.41. The fourth-order valence-electron chi connectivity index (χ4n) is 4.58. The van der Waals surface area contributed by atoms with Crippen LogP contribution in [0.1, 0.15) is 12.0 Å². The molecule has 2 aliphatic rings. The first-order valence-electron chi connectivity index (χ1n) is 9.36. The predicted molar refractivity (Wildman–Crippen MR) is 110 cm³/mol. The largest absolute Gasteiger partial charge is 0.378 e. The van der Waals surface area contributed by atoms with Gasteiger partial charge < -0.3 is 16.0 Å². The van der Waals surface area contributed by atoms with Gasteiger partial charge in [0.15, 0.2) is 5.65 Å². The molecule has 0 aliphatic heterocycles. The zero-order valence-electron chi connectivity index (χ0n) is 15.3. The summed E-state index contributed by atoms with van der Waals surface area (Å²) in [6, 6.07) is 8.03. The molecule has 4 atom stereocenters. The highest BCUT2D eigenvalue weighted by atomic mass is 35.5. The molecule has 2 heterocycles. The molecule has 0 spiro atoms. The number of pyridine rings is 1. The van der Waals surface area contributed by atoms with Crippen molar-refractivity contribution in [2.75, 3.05) is 5.32 Å². The highest BCUT2D eigenvalue weighted by Gasteiger charge is 2.47. The topological polar surface area (TPSA) is 96.7 Å². The number of nitrogens with two attached hydrogens (primary N) is 1. The number of carbonyl (C=O) groups excluding carboxylic acids is 1. The summed E-state index contributed by atoms with van der Waals surface area (Å²) in [5.41, 5.74) is 9.87. The van der Waals surface area contributed by atoms with E-state index in [0.29, 0.717) is 10.7 Å². The number of H-pyrrole nitrogens is 1. The Labute approximate surface area is 167 Å². The Bertz CT molecular complexity index is 1120. The highest BCUT2D eigenvalue weighted by molar-refractivity contribution is 6.34. The van der Waals surface area contributed by atoms with E-state index in [4.69, 9.17) is 17.3 Å². The van der Waals surface area contributed by atoms with Crippen LogP contribution in [0.5, 0.6) is 0 Å². The first-order chi connectivity index (χ1) is 13.5. The van der Waals surface area contributed by atoms with Crippen LogP contribution in [0.2, 0.25) is 5.02 Å². The molecule has 1 unspecified atom stereocenters. The number of hydrogen-bond acceptors (Lipinski definition) is 4. The van der Waals surface area contributed by atoms with Gasteiger partial charge in [0.2, 0.25) is 5.91 Å². The number of anilines is 1. The number of amides is 1. The number of fused-ring (bicyclic) bond motifs is 3. The van der Waals surface area contributed by atoms with Gasteiger partial charge >= 0.3 is 0 Å². The summed E-state index contributed by atoms with van der Waals surface area (Å²) in [4.78, 5) is 24.4. The average molecular weight is 394 g/mol. The average Bonchev–Trinajstić information content (AvgIpc) is 3.38. The van der Waals surface area contributed by atoms with Gasteiger partial charge in [0.25, 0.3) is 0 Å². The van der Waals surface area contributed by atoms with Gasteiger partial charge in [0, 0.05) is 11.6 Å². The van der Waals surface area contributed by atoms with Crippen LogP contribution in [0.15, 0.2) is 42.6 Å².